The van der Waals surface area contributed by atoms with Crippen LogP contribution in [0.1, 0.15) is 28.1 Å². The maximum absolute atomic E-state index is 14.9. The van der Waals surface area contributed by atoms with E-state index in [1.165, 1.54) is 19.0 Å². The molecule has 1 N–H and O–H groups in total. The van der Waals surface area contributed by atoms with E-state index in [4.69, 9.17) is 9.47 Å². The van der Waals surface area contributed by atoms with Gasteiger partial charge in [0.25, 0.3) is 5.91 Å². The molecule has 0 unspecified atom stereocenters. The van der Waals surface area contributed by atoms with E-state index < -0.39 is 72.1 Å². The van der Waals surface area contributed by atoms with E-state index in [1.807, 2.05) is 0 Å². The van der Waals surface area contributed by atoms with Crippen LogP contribution in [0, 0.1) is 31.3 Å². The van der Waals surface area contributed by atoms with Crippen LogP contribution in [0.15, 0.2) is 72.8 Å². The number of fused-ring (bicyclic) bond motifs is 1. The number of rotatable bonds is 9. The van der Waals surface area contributed by atoms with Gasteiger partial charge >= 0.3 is 12.0 Å². The Balaban J connectivity index is 1.73. The van der Waals surface area contributed by atoms with Gasteiger partial charge in [0.2, 0.25) is 12.0 Å². The molecule has 13 heteroatoms. The predicted molar refractivity (Wildman–Crippen MR) is 165 cm³/mol. The Morgan fingerprint density at radius 3 is 2.21 bits per heavy atom. The van der Waals surface area contributed by atoms with Gasteiger partial charge in [0, 0.05) is 54.4 Å². The van der Waals surface area contributed by atoms with E-state index in [-0.39, 0.29) is 11.7 Å². The lowest BCUT2D eigenvalue weighted by atomic mass is 9.77. The molecule has 0 radical (unpaired) electrons. The summed E-state index contributed by atoms with van der Waals surface area (Å²) in [5, 5.41) is 3.20. The van der Waals surface area contributed by atoms with Gasteiger partial charge in [0.1, 0.15) is 23.0 Å². The quantitative estimate of drug-likeness (QED) is 0.272. The Morgan fingerprint density at radius 2 is 1.57 bits per heavy atom. The summed E-state index contributed by atoms with van der Waals surface area (Å²) in [6.45, 7) is 1.79. The largest absolute Gasteiger partial charge is 0.453 e. The zero-order valence-electron chi connectivity index (χ0n) is 26.1. The number of amides is 2. The van der Waals surface area contributed by atoms with Crippen LogP contribution in [0.4, 0.5) is 18.9 Å². The molecule has 0 spiro atoms. The standard InChI is InChI=1S/C34H32F3N5O5/c1-20-14-21(2)40-33(39-20)47-31(32(45)46-19-30(44)41(3)4)34(22-10-6-5-7-11-22)25-12-8-9-13-28(25)42(29(43)17-38-34)18-24-26(36)15-23(35)16-27(24)37/h5-16,31,38H,17-19H2,1-4H3/t31-,34+/m1/s1. The van der Waals surface area contributed by atoms with Crippen LogP contribution in [0.3, 0.4) is 0 Å². The number of para-hydroxylation sites is 1. The van der Waals surface area contributed by atoms with Gasteiger partial charge in [0.15, 0.2) is 6.61 Å². The molecule has 244 valence electrons. The summed E-state index contributed by atoms with van der Waals surface area (Å²) in [6.07, 6.45) is -1.66. The number of nitrogens with zero attached hydrogens (tertiary/aromatic N) is 4. The summed E-state index contributed by atoms with van der Waals surface area (Å²) in [5.74, 6) is -5.52. The first-order valence-corrected chi connectivity index (χ1v) is 14.6. The third-order valence-corrected chi connectivity index (χ3v) is 7.72. The minimum atomic E-state index is -1.72. The first-order valence-electron chi connectivity index (χ1n) is 14.6. The molecule has 2 heterocycles. The lowest BCUT2D eigenvalue weighted by molar-refractivity contribution is -0.160. The van der Waals surface area contributed by atoms with Crippen molar-refractivity contribution in [2.24, 2.45) is 0 Å². The van der Waals surface area contributed by atoms with Crippen molar-refractivity contribution in [2.75, 3.05) is 32.1 Å². The monoisotopic (exact) mass is 647 g/mol. The van der Waals surface area contributed by atoms with E-state index in [9.17, 15) is 27.6 Å². The van der Waals surface area contributed by atoms with Crippen LogP contribution >= 0.6 is 0 Å². The van der Waals surface area contributed by atoms with Crippen LogP contribution in [0.5, 0.6) is 6.01 Å². The number of nitrogens with one attached hydrogen (secondary N) is 1. The van der Waals surface area contributed by atoms with Crippen LogP contribution in [0.25, 0.3) is 0 Å². The smallest absolute Gasteiger partial charge is 0.350 e. The van der Waals surface area contributed by atoms with Crippen molar-refractivity contribution in [3.63, 3.8) is 0 Å². The average molecular weight is 648 g/mol. The molecule has 1 aromatic heterocycles. The number of carbonyl (C=O) groups excluding carboxylic acids is 3. The first-order chi connectivity index (χ1) is 22.4. The average Bonchev–Trinajstić information content (AvgIpc) is 3.14. The zero-order chi connectivity index (χ0) is 33.9. The van der Waals surface area contributed by atoms with Gasteiger partial charge in [-0.3, -0.25) is 14.9 Å². The summed E-state index contributed by atoms with van der Waals surface area (Å²) < 4.78 is 55.3. The van der Waals surface area contributed by atoms with Crippen LogP contribution in [0.2, 0.25) is 0 Å². The fourth-order valence-electron chi connectivity index (χ4n) is 5.48. The second-order valence-corrected chi connectivity index (χ2v) is 11.2. The van der Waals surface area contributed by atoms with Gasteiger partial charge in [-0.2, -0.15) is 0 Å². The Morgan fingerprint density at radius 1 is 0.957 bits per heavy atom. The van der Waals surface area contributed by atoms with Gasteiger partial charge < -0.3 is 19.3 Å². The van der Waals surface area contributed by atoms with E-state index in [0.29, 0.717) is 34.6 Å². The first kappa shape index (κ1) is 33.1. The molecule has 3 aromatic carbocycles. The molecule has 0 bridgehead atoms. The molecule has 5 rings (SSSR count). The lowest BCUT2D eigenvalue weighted by Crippen LogP contribution is -2.59. The molecule has 1 aliphatic rings. The maximum Gasteiger partial charge on any atom is 0.350 e. The van der Waals surface area contributed by atoms with Crippen molar-refractivity contribution >= 4 is 23.5 Å². The van der Waals surface area contributed by atoms with Crippen molar-refractivity contribution in [2.45, 2.75) is 32.0 Å². The third kappa shape index (κ3) is 6.80. The van der Waals surface area contributed by atoms with E-state index >= 15 is 0 Å². The number of hydrogen-bond donors (Lipinski definition) is 1. The normalized spacial score (nSPS) is 16.6. The van der Waals surface area contributed by atoms with Gasteiger partial charge in [0.05, 0.1) is 13.1 Å². The molecule has 0 fully saturated rings. The van der Waals surface area contributed by atoms with Crippen molar-refractivity contribution in [1.82, 2.24) is 20.2 Å². The Hall–Kier alpha value is -5.30. The number of esters is 1. The maximum atomic E-state index is 14.9. The zero-order valence-corrected chi connectivity index (χ0v) is 26.1. The number of likely N-dealkylation sites (N-methyl/N-ethyl adjacent to an activating group) is 1. The molecule has 0 saturated heterocycles. The Kier molecular flexibility index (Phi) is 9.56. The van der Waals surface area contributed by atoms with Gasteiger partial charge in [-0.15, -0.1) is 0 Å². The van der Waals surface area contributed by atoms with Gasteiger partial charge in [-0.1, -0.05) is 48.5 Å². The number of benzene rings is 3. The Labute approximate surface area is 269 Å². The molecule has 0 saturated carbocycles. The minimum Gasteiger partial charge on any atom is -0.453 e. The molecular weight excluding hydrogens is 615 g/mol. The number of ether oxygens (including phenoxy) is 2. The summed E-state index contributed by atoms with van der Waals surface area (Å²) in [6, 6.07) is 17.7. The second kappa shape index (κ2) is 13.6. The van der Waals surface area contributed by atoms with E-state index in [2.05, 4.69) is 15.3 Å². The van der Waals surface area contributed by atoms with E-state index in [1.54, 1.807) is 74.5 Å². The highest BCUT2D eigenvalue weighted by Gasteiger charge is 2.53. The van der Waals surface area contributed by atoms with Crippen molar-refractivity contribution in [1.29, 1.82) is 0 Å². The van der Waals surface area contributed by atoms with Crippen molar-refractivity contribution < 1.29 is 37.0 Å². The highest BCUT2D eigenvalue weighted by molar-refractivity contribution is 5.97. The number of carbonyl (C=O) groups is 3. The summed E-state index contributed by atoms with van der Waals surface area (Å²) >= 11 is 0. The Bertz CT molecular complexity index is 1780. The number of aryl methyl sites for hydroxylation is 2. The molecule has 1 aliphatic heterocycles. The molecule has 2 amide bonds. The third-order valence-electron chi connectivity index (χ3n) is 7.72. The topological polar surface area (TPSA) is 114 Å². The summed E-state index contributed by atoms with van der Waals surface area (Å²) in [5.41, 5.74) is -0.218. The highest BCUT2D eigenvalue weighted by Crippen LogP contribution is 2.43. The van der Waals surface area contributed by atoms with Gasteiger partial charge in [-0.05, 0) is 31.5 Å². The number of aromatic nitrogens is 2. The summed E-state index contributed by atoms with van der Waals surface area (Å²) in [7, 11) is 3.02. The molecular formula is C34H32F3N5O5. The number of hydrogen-bond acceptors (Lipinski definition) is 8. The number of halogens is 3. The van der Waals surface area contributed by atoms with Crippen LogP contribution < -0.4 is 15.0 Å². The highest BCUT2D eigenvalue weighted by atomic mass is 19.1. The molecule has 0 aliphatic carbocycles. The molecule has 4 aromatic rings. The van der Waals surface area contributed by atoms with E-state index in [0.717, 1.165) is 4.90 Å². The van der Waals surface area contributed by atoms with Gasteiger partial charge in [-0.25, -0.2) is 27.9 Å². The van der Waals surface area contributed by atoms with Crippen molar-refractivity contribution in [3.8, 4) is 6.01 Å². The van der Waals surface area contributed by atoms with Crippen LogP contribution in [-0.2, 0) is 31.2 Å². The van der Waals surface area contributed by atoms with Crippen LogP contribution in [-0.4, -0.2) is 66.0 Å². The SMILES string of the molecule is Cc1cc(C)nc(O[C@H](C(=O)OCC(=O)N(C)C)[C@@]2(c3ccccc3)NCC(=O)N(Cc3c(F)cc(F)cc3F)c3ccccc32)n1. The predicted octanol–water partition coefficient (Wildman–Crippen LogP) is 3.97. The fourth-order valence-corrected chi connectivity index (χ4v) is 5.48. The molecule has 10 nitrogen and oxygen atoms in total. The summed E-state index contributed by atoms with van der Waals surface area (Å²) in [4.78, 5) is 51.6. The lowest BCUT2D eigenvalue weighted by Gasteiger charge is -2.40. The minimum absolute atomic E-state index is 0.166. The van der Waals surface area contributed by atoms with Crippen molar-refractivity contribution in [3.05, 3.63) is 118 Å². The fraction of sp³-hybridized carbons (Fsp3) is 0.265. The number of anilines is 1. The molecule has 47 heavy (non-hydrogen) atoms. The molecule has 2 atom stereocenters. The second-order valence-electron chi connectivity index (χ2n) is 11.2.